The molecule has 1 spiro atoms. The van der Waals surface area contributed by atoms with Gasteiger partial charge in [-0.05, 0) is 80.7 Å². The standard InChI is InChI=1S/C37H45F3N8OS/c1-4-50(49)47-15-13-45(14-16-47)26(2)21-48-30(20-41)18-31-27(3)29(6-8-34(31)48)22-44-11-9-36(10-12-44)23-46(24-36)35-32-17-28(19-37(38,39)40)5-7-33(32)42-25-43-35/h5-8,17-18,25-26H,4,9-16,19,21-24H2,1-3H3. The molecule has 0 N–H and O–H groups in total. The third-order valence-corrected chi connectivity index (χ3v) is 12.6. The molecule has 3 aliphatic heterocycles. The summed E-state index contributed by atoms with van der Waals surface area (Å²) >= 11 is 0. The van der Waals surface area contributed by atoms with E-state index in [1.807, 2.05) is 13.0 Å². The number of benzene rings is 2. The minimum Gasteiger partial charge on any atom is -0.355 e. The Labute approximate surface area is 294 Å². The number of nitriles is 1. The molecule has 0 radical (unpaired) electrons. The van der Waals surface area contributed by atoms with Crippen molar-refractivity contribution in [1.29, 1.82) is 5.26 Å². The number of aryl methyl sites for hydroxylation is 1. The fourth-order valence-corrected chi connectivity index (χ4v) is 9.17. The monoisotopic (exact) mass is 706 g/mol. The van der Waals surface area contributed by atoms with Gasteiger partial charge in [0.1, 0.15) is 23.9 Å². The smallest absolute Gasteiger partial charge is 0.355 e. The van der Waals surface area contributed by atoms with Crippen LogP contribution in [-0.4, -0.2) is 103 Å². The van der Waals surface area contributed by atoms with Gasteiger partial charge in [-0.15, -0.1) is 0 Å². The van der Waals surface area contributed by atoms with Gasteiger partial charge in [-0.2, -0.15) is 18.4 Å². The fraction of sp³-hybridized carbons (Fsp3) is 0.541. The zero-order chi connectivity index (χ0) is 35.2. The highest BCUT2D eigenvalue weighted by molar-refractivity contribution is 7.82. The number of fused-ring (bicyclic) bond motifs is 2. The van der Waals surface area contributed by atoms with Crippen LogP contribution in [0.2, 0.25) is 0 Å². The minimum absolute atomic E-state index is 0.186. The number of hydrogen-bond acceptors (Lipinski definition) is 7. The molecule has 13 heteroatoms. The third kappa shape index (κ3) is 7.00. The summed E-state index contributed by atoms with van der Waals surface area (Å²) < 4.78 is 55.7. The number of alkyl halides is 3. The first-order valence-corrected chi connectivity index (χ1v) is 18.9. The number of piperidine rings is 1. The summed E-state index contributed by atoms with van der Waals surface area (Å²) in [6, 6.07) is 13.9. The number of anilines is 1. The maximum Gasteiger partial charge on any atom is 0.393 e. The topological polar surface area (TPSA) is 84.5 Å². The molecule has 3 fully saturated rings. The molecule has 7 rings (SSSR count). The Morgan fingerprint density at radius 2 is 1.74 bits per heavy atom. The van der Waals surface area contributed by atoms with Gasteiger partial charge in [0.05, 0.1) is 22.9 Å². The number of rotatable bonds is 9. The Morgan fingerprint density at radius 3 is 2.42 bits per heavy atom. The van der Waals surface area contributed by atoms with Crippen LogP contribution in [-0.2, 0) is 30.5 Å². The summed E-state index contributed by atoms with van der Waals surface area (Å²) in [6.07, 6.45) is -1.60. The lowest BCUT2D eigenvalue weighted by atomic mass is 9.72. The van der Waals surface area contributed by atoms with Crippen LogP contribution in [0.15, 0.2) is 42.7 Å². The number of halogens is 3. The Bertz CT molecular complexity index is 1930. The fourth-order valence-electron chi connectivity index (χ4n) is 8.23. The molecule has 0 aliphatic carbocycles. The van der Waals surface area contributed by atoms with Crippen LogP contribution in [0.1, 0.15) is 49.1 Å². The highest BCUT2D eigenvalue weighted by Gasteiger charge is 2.45. The van der Waals surface area contributed by atoms with Crippen molar-refractivity contribution >= 4 is 38.6 Å². The van der Waals surface area contributed by atoms with Crippen molar-refractivity contribution in [2.24, 2.45) is 5.41 Å². The molecule has 9 nitrogen and oxygen atoms in total. The van der Waals surface area contributed by atoms with Crippen LogP contribution in [0.5, 0.6) is 0 Å². The second-order valence-corrected chi connectivity index (χ2v) is 16.2. The Balaban J connectivity index is 0.977. The van der Waals surface area contributed by atoms with Crippen molar-refractivity contribution in [2.45, 2.75) is 65.3 Å². The SMILES string of the molecule is CCS(=O)N1CCN(C(C)Cn2c(C#N)cc3c(C)c(CN4CCC5(CC4)CN(c4ncnc6ccc(CC(F)(F)F)cc46)C5)ccc32)CC1. The van der Waals surface area contributed by atoms with Gasteiger partial charge in [-0.3, -0.25) is 9.80 Å². The first-order chi connectivity index (χ1) is 24.0. The summed E-state index contributed by atoms with van der Waals surface area (Å²) in [6.45, 7) is 14.9. The Morgan fingerprint density at radius 1 is 1.00 bits per heavy atom. The van der Waals surface area contributed by atoms with Crippen LogP contribution in [0, 0.1) is 23.7 Å². The highest BCUT2D eigenvalue weighted by atomic mass is 32.2. The van der Waals surface area contributed by atoms with Crippen molar-refractivity contribution in [1.82, 2.24) is 28.6 Å². The Hall–Kier alpha value is -3.57. The van der Waals surface area contributed by atoms with E-state index in [9.17, 15) is 22.6 Å². The van der Waals surface area contributed by atoms with Gasteiger partial charge >= 0.3 is 6.18 Å². The van der Waals surface area contributed by atoms with Gasteiger partial charge in [0, 0.05) is 85.9 Å². The average Bonchev–Trinajstić information content (AvgIpc) is 3.45. The molecule has 5 heterocycles. The van der Waals surface area contributed by atoms with Crippen LogP contribution >= 0.6 is 0 Å². The second-order valence-electron chi connectivity index (χ2n) is 14.4. The first-order valence-electron chi connectivity index (χ1n) is 17.6. The third-order valence-electron chi connectivity index (χ3n) is 11.2. The van der Waals surface area contributed by atoms with Crippen LogP contribution < -0.4 is 4.90 Å². The molecule has 2 atom stereocenters. The zero-order valence-corrected chi connectivity index (χ0v) is 29.9. The van der Waals surface area contributed by atoms with E-state index in [4.69, 9.17) is 0 Å². The zero-order valence-electron chi connectivity index (χ0n) is 29.0. The summed E-state index contributed by atoms with van der Waals surface area (Å²) in [7, 11) is -0.901. The molecule has 266 valence electrons. The van der Waals surface area contributed by atoms with Gasteiger partial charge in [-0.1, -0.05) is 19.1 Å². The van der Waals surface area contributed by atoms with Gasteiger partial charge < -0.3 is 9.47 Å². The van der Waals surface area contributed by atoms with Crippen molar-refractivity contribution < 1.29 is 17.4 Å². The molecular weight excluding hydrogens is 662 g/mol. The van der Waals surface area contributed by atoms with Crippen LogP contribution in [0.3, 0.4) is 0 Å². The van der Waals surface area contributed by atoms with Crippen molar-refractivity contribution in [3.05, 3.63) is 65.1 Å². The maximum absolute atomic E-state index is 13.1. The van der Waals surface area contributed by atoms with E-state index in [-0.39, 0.29) is 17.0 Å². The van der Waals surface area contributed by atoms with E-state index < -0.39 is 23.6 Å². The summed E-state index contributed by atoms with van der Waals surface area (Å²) in [5.41, 5.74) is 5.35. The highest BCUT2D eigenvalue weighted by Crippen LogP contribution is 2.44. The van der Waals surface area contributed by atoms with E-state index in [2.05, 4.69) is 65.6 Å². The molecule has 0 bridgehead atoms. The van der Waals surface area contributed by atoms with Crippen molar-refractivity contribution in [3.63, 3.8) is 0 Å². The molecule has 0 saturated carbocycles. The average molecular weight is 707 g/mol. The number of likely N-dealkylation sites (tertiary alicyclic amines) is 1. The Kier molecular flexibility index (Phi) is 9.67. The number of piperazine rings is 1. The minimum atomic E-state index is -4.26. The van der Waals surface area contributed by atoms with E-state index >= 15 is 0 Å². The van der Waals surface area contributed by atoms with Gasteiger partial charge in [0.25, 0.3) is 0 Å². The molecule has 2 unspecified atom stereocenters. The van der Waals surface area contributed by atoms with Gasteiger partial charge in [0.2, 0.25) is 0 Å². The predicted octanol–water partition coefficient (Wildman–Crippen LogP) is 5.66. The van der Waals surface area contributed by atoms with Crippen molar-refractivity contribution in [3.8, 4) is 6.07 Å². The summed E-state index contributed by atoms with van der Waals surface area (Å²) in [5, 5.41) is 11.9. The van der Waals surface area contributed by atoms with Crippen molar-refractivity contribution in [2.75, 3.05) is 63.0 Å². The quantitative estimate of drug-likeness (QED) is 0.222. The van der Waals surface area contributed by atoms with Crippen LogP contribution in [0.4, 0.5) is 19.0 Å². The number of nitrogens with zero attached hydrogens (tertiary/aromatic N) is 8. The molecule has 4 aromatic rings. The lowest BCUT2D eigenvalue weighted by Gasteiger charge is -2.54. The van der Waals surface area contributed by atoms with E-state index in [1.165, 1.54) is 23.5 Å². The molecule has 3 saturated heterocycles. The maximum atomic E-state index is 13.1. The first kappa shape index (κ1) is 34.9. The normalized spacial score (nSPS) is 20.3. The molecule has 2 aromatic heterocycles. The molecule has 0 amide bonds. The molecule has 50 heavy (non-hydrogen) atoms. The largest absolute Gasteiger partial charge is 0.393 e. The van der Waals surface area contributed by atoms with Gasteiger partial charge in [0.15, 0.2) is 0 Å². The van der Waals surface area contributed by atoms with E-state index in [1.54, 1.807) is 12.1 Å². The molecular formula is C37H45F3N8OS. The lowest BCUT2D eigenvalue weighted by molar-refractivity contribution is -0.127. The summed E-state index contributed by atoms with van der Waals surface area (Å²) in [5.74, 6) is 1.38. The number of aromatic nitrogens is 3. The molecule has 3 aliphatic rings. The lowest BCUT2D eigenvalue weighted by Crippen LogP contribution is -2.60. The predicted molar refractivity (Wildman–Crippen MR) is 191 cm³/mol. The van der Waals surface area contributed by atoms with Crippen LogP contribution in [0.25, 0.3) is 21.8 Å². The molecule has 2 aromatic carbocycles. The van der Waals surface area contributed by atoms with E-state index in [0.29, 0.717) is 22.3 Å². The number of hydrogen-bond donors (Lipinski definition) is 0. The van der Waals surface area contributed by atoms with Gasteiger partial charge in [-0.25, -0.2) is 18.5 Å². The summed E-state index contributed by atoms with van der Waals surface area (Å²) in [4.78, 5) is 15.9. The second kappa shape index (κ2) is 13.9. The van der Waals surface area contributed by atoms with E-state index in [0.717, 1.165) is 95.0 Å².